The summed E-state index contributed by atoms with van der Waals surface area (Å²) in [4.78, 5) is 23.0. The second-order valence-corrected chi connectivity index (χ2v) is 4.43. The molecule has 0 aromatic heterocycles. The van der Waals surface area contributed by atoms with Crippen molar-refractivity contribution < 1.29 is 14.3 Å². The average molecular weight is 259 g/mol. The van der Waals surface area contributed by atoms with E-state index < -0.39 is 6.09 Å². The SMILES string of the molecule is [B]C1CCC(NC(=O)OC)C#CC=C1C(=O)CCC. The molecule has 2 unspecified atom stereocenters. The molecule has 19 heavy (non-hydrogen) atoms. The molecule has 1 aliphatic rings. The number of ketones is 1. The Bertz CT molecular complexity index is 434. The molecule has 0 aliphatic heterocycles. The highest BCUT2D eigenvalue weighted by Gasteiger charge is 2.19. The lowest BCUT2D eigenvalue weighted by molar-refractivity contribution is -0.115. The Kier molecular flexibility index (Phi) is 6.21. The lowest BCUT2D eigenvalue weighted by Gasteiger charge is -2.19. The van der Waals surface area contributed by atoms with Crippen LogP contribution in [0.15, 0.2) is 11.6 Å². The van der Waals surface area contributed by atoms with Gasteiger partial charge in [-0.05, 0) is 30.3 Å². The first kappa shape index (κ1) is 15.4. The summed E-state index contributed by atoms with van der Waals surface area (Å²) >= 11 is 0. The monoisotopic (exact) mass is 259 g/mol. The number of rotatable bonds is 4. The predicted octanol–water partition coefficient (Wildman–Crippen LogP) is 1.76. The fourth-order valence-corrected chi connectivity index (χ4v) is 1.87. The van der Waals surface area contributed by atoms with Crippen LogP contribution >= 0.6 is 0 Å². The van der Waals surface area contributed by atoms with Crippen molar-refractivity contribution in [2.24, 2.45) is 0 Å². The van der Waals surface area contributed by atoms with E-state index in [-0.39, 0.29) is 17.6 Å². The molecule has 2 atom stereocenters. The van der Waals surface area contributed by atoms with Gasteiger partial charge in [-0.1, -0.05) is 25.2 Å². The number of nitrogens with one attached hydrogen (secondary N) is 1. The third kappa shape index (κ3) is 4.82. The molecule has 1 N–H and O–H groups in total. The smallest absolute Gasteiger partial charge is 0.407 e. The van der Waals surface area contributed by atoms with Crippen LogP contribution in [0.1, 0.15) is 32.6 Å². The third-order valence-electron chi connectivity index (χ3n) is 2.93. The van der Waals surface area contributed by atoms with Crippen LogP contribution in [0.3, 0.4) is 0 Å². The maximum atomic E-state index is 11.9. The fraction of sp³-hybridized carbons (Fsp3) is 0.571. The standard InChI is InChI=1S/C14H18BNO3/c1-3-5-13(17)11-7-4-6-10(8-9-12(11)15)16-14(18)19-2/h7,10,12H,3,5,8-9H2,1-2H3,(H,16,18). The van der Waals surface area contributed by atoms with E-state index >= 15 is 0 Å². The molecule has 0 saturated carbocycles. The number of allylic oxidation sites excluding steroid dienone is 2. The van der Waals surface area contributed by atoms with E-state index in [0.29, 0.717) is 24.8 Å². The van der Waals surface area contributed by atoms with Gasteiger partial charge >= 0.3 is 6.09 Å². The van der Waals surface area contributed by atoms with Crippen molar-refractivity contribution in [3.63, 3.8) is 0 Å². The number of ether oxygens (including phenoxy) is 1. The number of hydrogen-bond acceptors (Lipinski definition) is 3. The minimum absolute atomic E-state index is 0.0590. The second kappa shape index (κ2) is 7.68. The Morgan fingerprint density at radius 2 is 2.26 bits per heavy atom. The molecule has 0 aromatic carbocycles. The fourth-order valence-electron chi connectivity index (χ4n) is 1.87. The number of Topliss-reactive ketones (excluding diaryl/α,β-unsaturated/α-hetero) is 1. The molecule has 4 nitrogen and oxygen atoms in total. The first-order chi connectivity index (χ1) is 9.08. The maximum absolute atomic E-state index is 11.9. The highest BCUT2D eigenvalue weighted by molar-refractivity contribution is 6.18. The molecule has 0 fully saturated rings. The minimum Gasteiger partial charge on any atom is -0.453 e. The minimum atomic E-state index is -0.514. The summed E-state index contributed by atoms with van der Waals surface area (Å²) in [7, 11) is 7.31. The zero-order valence-corrected chi connectivity index (χ0v) is 11.4. The lowest BCUT2D eigenvalue weighted by atomic mass is 9.74. The van der Waals surface area contributed by atoms with Gasteiger partial charge < -0.3 is 10.1 Å². The molecular weight excluding hydrogens is 241 g/mol. The average Bonchev–Trinajstić information content (AvgIpc) is 2.37. The summed E-state index contributed by atoms with van der Waals surface area (Å²) in [6.07, 6.45) is 3.55. The van der Waals surface area contributed by atoms with Gasteiger partial charge in [-0.25, -0.2) is 4.79 Å². The van der Waals surface area contributed by atoms with E-state index in [1.165, 1.54) is 7.11 Å². The normalized spacial score (nSPS) is 22.1. The van der Waals surface area contributed by atoms with Crippen LogP contribution in [0.2, 0.25) is 5.82 Å². The molecule has 0 saturated heterocycles. The highest BCUT2D eigenvalue weighted by Crippen LogP contribution is 2.24. The molecular formula is C14H18BNO3. The van der Waals surface area contributed by atoms with Crippen LogP contribution in [0.25, 0.3) is 0 Å². The van der Waals surface area contributed by atoms with E-state index in [1.807, 2.05) is 6.92 Å². The lowest BCUT2D eigenvalue weighted by Crippen LogP contribution is -2.34. The molecule has 2 radical (unpaired) electrons. The number of hydrogen-bond donors (Lipinski definition) is 1. The van der Waals surface area contributed by atoms with Gasteiger partial charge in [0, 0.05) is 6.42 Å². The van der Waals surface area contributed by atoms with Crippen molar-refractivity contribution in [3.05, 3.63) is 11.6 Å². The first-order valence-electron chi connectivity index (χ1n) is 6.42. The van der Waals surface area contributed by atoms with Crippen molar-refractivity contribution in [1.82, 2.24) is 5.32 Å². The molecule has 1 rings (SSSR count). The van der Waals surface area contributed by atoms with Crippen molar-refractivity contribution >= 4 is 19.7 Å². The van der Waals surface area contributed by atoms with E-state index in [1.54, 1.807) is 6.08 Å². The number of carbonyl (C=O) groups excluding carboxylic acids is 2. The Morgan fingerprint density at radius 1 is 1.53 bits per heavy atom. The van der Waals surface area contributed by atoms with Crippen LogP contribution in [-0.4, -0.2) is 32.9 Å². The summed E-state index contributed by atoms with van der Waals surface area (Å²) in [6.45, 7) is 1.95. The molecule has 0 bridgehead atoms. The largest absolute Gasteiger partial charge is 0.453 e. The second-order valence-electron chi connectivity index (χ2n) is 4.43. The van der Waals surface area contributed by atoms with Gasteiger partial charge in [0.25, 0.3) is 0 Å². The molecule has 0 aromatic rings. The van der Waals surface area contributed by atoms with E-state index in [0.717, 1.165) is 6.42 Å². The van der Waals surface area contributed by atoms with Crippen LogP contribution in [-0.2, 0) is 9.53 Å². The molecule has 0 spiro atoms. The number of alkyl carbamates (subject to hydrolysis) is 1. The summed E-state index contributed by atoms with van der Waals surface area (Å²) < 4.78 is 4.52. The summed E-state index contributed by atoms with van der Waals surface area (Å²) in [5.74, 6) is 5.43. The van der Waals surface area contributed by atoms with E-state index in [4.69, 9.17) is 7.85 Å². The summed E-state index contributed by atoms with van der Waals surface area (Å²) in [6, 6.07) is -0.294. The van der Waals surface area contributed by atoms with Gasteiger partial charge in [0.05, 0.1) is 21.0 Å². The highest BCUT2D eigenvalue weighted by atomic mass is 16.5. The topological polar surface area (TPSA) is 55.4 Å². The van der Waals surface area contributed by atoms with Crippen LogP contribution in [0, 0.1) is 11.8 Å². The van der Waals surface area contributed by atoms with Gasteiger partial charge in [-0.3, -0.25) is 4.79 Å². The van der Waals surface area contributed by atoms with Crippen molar-refractivity contribution in [2.75, 3.05) is 7.11 Å². The van der Waals surface area contributed by atoms with Crippen LogP contribution < -0.4 is 5.32 Å². The van der Waals surface area contributed by atoms with Gasteiger partial charge in [-0.15, -0.1) is 0 Å². The molecule has 5 heteroatoms. The molecule has 1 aliphatic carbocycles. The summed E-state index contributed by atoms with van der Waals surface area (Å²) in [5.41, 5.74) is 0.589. The van der Waals surface area contributed by atoms with Gasteiger partial charge in [0.15, 0.2) is 5.78 Å². The first-order valence-corrected chi connectivity index (χ1v) is 6.42. The van der Waals surface area contributed by atoms with Crippen LogP contribution in [0.5, 0.6) is 0 Å². The van der Waals surface area contributed by atoms with Gasteiger partial charge in [0.1, 0.15) is 0 Å². The Labute approximate surface area is 115 Å². The zero-order chi connectivity index (χ0) is 14.3. The number of methoxy groups -OCH3 is 1. The molecule has 100 valence electrons. The number of amides is 1. The Morgan fingerprint density at radius 3 is 2.89 bits per heavy atom. The maximum Gasteiger partial charge on any atom is 0.407 e. The van der Waals surface area contributed by atoms with E-state index in [2.05, 4.69) is 21.9 Å². The summed E-state index contributed by atoms with van der Waals surface area (Å²) in [5, 5.41) is 2.62. The third-order valence-corrected chi connectivity index (χ3v) is 2.93. The van der Waals surface area contributed by atoms with E-state index in [9.17, 15) is 9.59 Å². The Balaban J connectivity index is 2.78. The van der Waals surface area contributed by atoms with Gasteiger partial charge in [0.2, 0.25) is 0 Å². The Hall–Kier alpha value is -1.70. The van der Waals surface area contributed by atoms with Gasteiger partial charge in [-0.2, -0.15) is 0 Å². The van der Waals surface area contributed by atoms with Crippen molar-refractivity contribution in [2.45, 2.75) is 44.5 Å². The zero-order valence-electron chi connectivity index (χ0n) is 11.4. The predicted molar refractivity (Wildman–Crippen MR) is 73.8 cm³/mol. The quantitative estimate of drug-likeness (QED) is 0.618. The molecule has 1 amide bonds. The number of carbonyl (C=O) groups is 2. The van der Waals surface area contributed by atoms with Crippen LogP contribution in [0.4, 0.5) is 4.79 Å². The molecule has 0 heterocycles. The van der Waals surface area contributed by atoms with Crippen molar-refractivity contribution in [3.8, 4) is 11.8 Å². The van der Waals surface area contributed by atoms with Crippen molar-refractivity contribution in [1.29, 1.82) is 0 Å².